The predicted molar refractivity (Wildman–Crippen MR) is 64.2 cm³/mol. The minimum absolute atomic E-state index is 0.0599. The van der Waals surface area contributed by atoms with Crippen LogP contribution < -0.4 is 5.56 Å². The van der Waals surface area contributed by atoms with Gasteiger partial charge in [0.15, 0.2) is 5.16 Å². The fraction of sp³-hybridized carbons (Fsp3) is 0.636. The van der Waals surface area contributed by atoms with E-state index in [1.54, 1.807) is 4.57 Å². The molecule has 1 aliphatic rings. The maximum Gasteiger partial charge on any atom is 0.261 e. The van der Waals surface area contributed by atoms with E-state index >= 15 is 0 Å². The zero-order chi connectivity index (χ0) is 11.7. The first kappa shape index (κ1) is 11.5. The Bertz CT molecular complexity index is 456. The topological polar surface area (TPSA) is 55.1 Å². The Balaban J connectivity index is 2.59. The summed E-state index contributed by atoms with van der Waals surface area (Å²) in [6.45, 7) is 4.67. The van der Waals surface area contributed by atoms with Gasteiger partial charge in [-0.25, -0.2) is 0 Å². The first-order valence-corrected chi connectivity index (χ1v) is 6.60. The molecule has 88 valence electrons. The normalized spacial score (nSPS) is 16.9. The van der Waals surface area contributed by atoms with Crippen LogP contribution in [0.25, 0.3) is 0 Å². The van der Waals surface area contributed by atoms with Gasteiger partial charge in [0, 0.05) is 12.3 Å². The van der Waals surface area contributed by atoms with Gasteiger partial charge >= 0.3 is 0 Å². The summed E-state index contributed by atoms with van der Waals surface area (Å²) >= 11 is 1.54. The maximum atomic E-state index is 12.2. The van der Waals surface area contributed by atoms with Gasteiger partial charge < -0.3 is 5.11 Å². The van der Waals surface area contributed by atoms with Gasteiger partial charge in [-0.2, -0.15) is 4.98 Å². The summed E-state index contributed by atoms with van der Waals surface area (Å²) in [5.74, 6) is 0.943. The van der Waals surface area contributed by atoms with E-state index in [9.17, 15) is 9.90 Å². The van der Waals surface area contributed by atoms with Crippen molar-refractivity contribution in [1.82, 2.24) is 9.55 Å². The highest BCUT2D eigenvalue weighted by atomic mass is 32.2. The van der Waals surface area contributed by atoms with Crippen LogP contribution in [0.15, 0.2) is 9.95 Å². The summed E-state index contributed by atoms with van der Waals surface area (Å²) < 4.78 is 1.69. The molecule has 0 amide bonds. The number of hydrogen-bond acceptors (Lipinski definition) is 4. The van der Waals surface area contributed by atoms with Crippen molar-refractivity contribution < 1.29 is 5.11 Å². The molecule has 2 heterocycles. The summed E-state index contributed by atoms with van der Waals surface area (Å²) in [4.78, 5) is 16.3. The lowest BCUT2D eigenvalue weighted by atomic mass is 10.0. The van der Waals surface area contributed by atoms with Gasteiger partial charge in [0.25, 0.3) is 5.56 Å². The number of aromatic hydroxyl groups is 1. The van der Waals surface area contributed by atoms with Crippen LogP contribution in [0.4, 0.5) is 0 Å². The number of aromatic nitrogens is 2. The van der Waals surface area contributed by atoms with E-state index in [0.29, 0.717) is 10.7 Å². The molecule has 0 bridgehead atoms. The van der Waals surface area contributed by atoms with Crippen LogP contribution in [0.5, 0.6) is 5.88 Å². The van der Waals surface area contributed by atoms with Gasteiger partial charge in [-0.05, 0) is 18.8 Å². The number of rotatable bonds is 2. The molecule has 0 aromatic carbocycles. The second kappa shape index (κ2) is 4.49. The van der Waals surface area contributed by atoms with Crippen LogP contribution in [-0.4, -0.2) is 20.4 Å². The molecule has 16 heavy (non-hydrogen) atoms. The summed E-state index contributed by atoms with van der Waals surface area (Å²) in [5, 5.41) is 10.5. The largest absolute Gasteiger partial charge is 0.493 e. The molecule has 5 heteroatoms. The van der Waals surface area contributed by atoms with Crippen molar-refractivity contribution in [2.24, 2.45) is 0 Å². The molecular formula is C11H16N2O2S. The fourth-order valence-electron chi connectivity index (χ4n) is 1.87. The summed E-state index contributed by atoms with van der Waals surface area (Å²) in [7, 11) is 0. The van der Waals surface area contributed by atoms with Crippen molar-refractivity contribution in [2.75, 3.05) is 5.75 Å². The standard InChI is InChI=1S/C11H16N2O2S/c1-3-7(2)8-9(14)12-11-13(10(8)15)5-4-6-16-11/h7,14H,3-6H2,1-2H3. The SMILES string of the molecule is CCC(C)c1c(O)nc2n(c1=O)CCCS2. The highest BCUT2D eigenvalue weighted by molar-refractivity contribution is 7.99. The van der Waals surface area contributed by atoms with E-state index in [0.717, 1.165) is 25.1 Å². The number of fused-ring (bicyclic) bond motifs is 1. The lowest BCUT2D eigenvalue weighted by Gasteiger charge is -2.19. The minimum atomic E-state index is -0.0833. The molecule has 0 saturated heterocycles. The van der Waals surface area contributed by atoms with Crippen LogP contribution in [0.3, 0.4) is 0 Å². The molecule has 1 unspecified atom stereocenters. The third kappa shape index (κ3) is 1.84. The molecule has 2 rings (SSSR count). The number of nitrogens with zero attached hydrogens (tertiary/aromatic N) is 2. The van der Waals surface area contributed by atoms with E-state index in [1.165, 1.54) is 11.8 Å². The summed E-state index contributed by atoms with van der Waals surface area (Å²) in [6, 6.07) is 0. The second-order valence-corrected chi connectivity index (χ2v) is 5.16. The zero-order valence-corrected chi connectivity index (χ0v) is 10.4. The first-order chi connectivity index (χ1) is 7.65. The Hall–Kier alpha value is -0.970. The number of thioether (sulfide) groups is 1. The van der Waals surface area contributed by atoms with Gasteiger partial charge in [-0.1, -0.05) is 25.6 Å². The molecule has 1 N–H and O–H groups in total. The second-order valence-electron chi connectivity index (χ2n) is 4.10. The molecule has 1 aliphatic heterocycles. The van der Waals surface area contributed by atoms with Crippen LogP contribution >= 0.6 is 11.8 Å². The van der Waals surface area contributed by atoms with Crippen molar-refractivity contribution in [2.45, 2.75) is 44.3 Å². The van der Waals surface area contributed by atoms with Gasteiger partial charge in [-0.3, -0.25) is 9.36 Å². The predicted octanol–water partition coefficient (Wildman–Crippen LogP) is 1.96. The average Bonchev–Trinajstić information content (AvgIpc) is 2.28. The summed E-state index contributed by atoms with van der Waals surface area (Å²) in [6.07, 6.45) is 1.82. The molecule has 1 aromatic rings. The lowest BCUT2D eigenvalue weighted by Crippen LogP contribution is -2.29. The third-order valence-electron chi connectivity index (χ3n) is 3.01. The molecule has 4 nitrogen and oxygen atoms in total. The Labute approximate surface area is 98.7 Å². The fourth-order valence-corrected chi connectivity index (χ4v) is 2.80. The lowest BCUT2D eigenvalue weighted by molar-refractivity contribution is 0.412. The van der Waals surface area contributed by atoms with Crippen LogP contribution in [0.1, 0.15) is 38.2 Å². The number of hydrogen-bond donors (Lipinski definition) is 1. The quantitative estimate of drug-likeness (QED) is 0.803. The molecule has 1 aromatic heterocycles. The minimum Gasteiger partial charge on any atom is -0.493 e. The van der Waals surface area contributed by atoms with Gasteiger partial charge in [0.2, 0.25) is 5.88 Å². The Kier molecular flexibility index (Phi) is 3.23. The van der Waals surface area contributed by atoms with E-state index in [2.05, 4.69) is 4.98 Å². The highest BCUT2D eigenvalue weighted by Crippen LogP contribution is 2.28. The maximum absolute atomic E-state index is 12.2. The van der Waals surface area contributed by atoms with Gasteiger partial charge in [-0.15, -0.1) is 0 Å². The van der Waals surface area contributed by atoms with E-state index in [-0.39, 0.29) is 17.4 Å². The van der Waals surface area contributed by atoms with Crippen molar-refractivity contribution in [3.8, 4) is 5.88 Å². The van der Waals surface area contributed by atoms with Crippen molar-refractivity contribution in [3.05, 3.63) is 15.9 Å². The zero-order valence-electron chi connectivity index (χ0n) is 9.56. The van der Waals surface area contributed by atoms with Crippen molar-refractivity contribution in [3.63, 3.8) is 0 Å². The van der Waals surface area contributed by atoms with Crippen LogP contribution in [0, 0.1) is 0 Å². The Morgan fingerprint density at radius 2 is 2.38 bits per heavy atom. The van der Waals surface area contributed by atoms with Crippen LogP contribution in [-0.2, 0) is 6.54 Å². The molecule has 0 radical (unpaired) electrons. The molecule has 0 aliphatic carbocycles. The van der Waals surface area contributed by atoms with Crippen molar-refractivity contribution >= 4 is 11.8 Å². The third-order valence-corrected chi connectivity index (χ3v) is 4.07. The van der Waals surface area contributed by atoms with E-state index in [1.807, 2.05) is 13.8 Å². The highest BCUT2D eigenvalue weighted by Gasteiger charge is 2.21. The van der Waals surface area contributed by atoms with Crippen LogP contribution in [0.2, 0.25) is 0 Å². The monoisotopic (exact) mass is 240 g/mol. The molecular weight excluding hydrogens is 224 g/mol. The van der Waals surface area contributed by atoms with E-state index in [4.69, 9.17) is 0 Å². The molecule has 0 saturated carbocycles. The van der Waals surface area contributed by atoms with Gasteiger partial charge in [0.1, 0.15) is 0 Å². The van der Waals surface area contributed by atoms with Crippen molar-refractivity contribution in [1.29, 1.82) is 0 Å². The molecule has 0 spiro atoms. The molecule has 1 atom stereocenters. The first-order valence-electron chi connectivity index (χ1n) is 5.61. The van der Waals surface area contributed by atoms with E-state index < -0.39 is 0 Å². The Morgan fingerprint density at radius 1 is 1.62 bits per heavy atom. The smallest absolute Gasteiger partial charge is 0.261 e. The Morgan fingerprint density at radius 3 is 3.06 bits per heavy atom. The average molecular weight is 240 g/mol. The van der Waals surface area contributed by atoms with Gasteiger partial charge in [0.05, 0.1) is 5.56 Å². The molecule has 0 fully saturated rings. The summed E-state index contributed by atoms with van der Waals surface area (Å²) in [5.41, 5.74) is 0.401.